The molecule has 1 saturated heterocycles. The van der Waals surface area contributed by atoms with Crippen LogP contribution in [-0.4, -0.2) is 31.6 Å². The fourth-order valence-electron chi connectivity index (χ4n) is 5.61. The van der Waals surface area contributed by atoms with E-state index in [9.17, 15) is 18.0 Å². The summed E-state index contributed by atoms with van der Waals surface area (Å²) in [6.45, 7) is 0. The molecular formula is C26H21F3N4O. The van der Waals surface area contributed by atoms with Crippen LogP contribution in [0.2, 0.25) is 0 Å². The smallest absolute Gasteiger partial charge is 0.273 e. The largest absolute Gasteiger partial charge is 0.325 e. The summed E-state index contributed by atoms with van der Waals surface area (Å²) in [5.41, 5.74) is 2.79. The lowest BCUT2D eigenvalue weighted by molar-refractivity contribution is 0.0388. The van der Waals surface area contributed by atoms with Crippen LogP contribution >= 0.6 is 0 Å². The molecule has 172 valence electrons. The molecule has 2 atom stereocenters. The lowest BCUT2D eigenvalue weighted by Crippen LogP contribution is -2.50. The van der Waals surface area contributed by atoms with Gasteiger partial charge in [0.15, 0.2) is 17.5 Å². The van der Waals surface area contributed by atoms with Crippen LogP contribution in [0.1, 0.15) is 47.1 Å². The molecule has 4 aromatic rings. The quantitative estimate of drug-likeness (QED) is 0.378. The van der Waals surface area contributed by atoms with Crippen molar-refractivity contribution >= 4 is 16.7 Å². The highest BCUT2D eigenvalue weighted by atomic mass is 19.2. The predicted molar refractivity (Wildman–Crippen MR) is 121 cm³/mol. The van der Waals surface area contributed by atoms with Crippen LogP contribution in [0.15, 0.2) is 48.7 Å². The maximum atomic E-state index is 14.0. The number of hydrogen-bond acceptors (Lipinski definition) is 3. The zero-order chi connectivity index (χ0) is 23.6. The molecule has 2 aliphatic rings. The summed E-state index contributed by atoms with van der Waals surface area (Å²) >= 11 is 0. The Kier molecular flexibility index (Phi) is 4.72. The molecule has 2 aliphatic heterocycles. The van der Waals surface area contributed by atoms with Crippen LogP contribution in [-0.2, 0) is 13.5 Å². The number of fused-ring (bicyclic) bond motifs is 5. The lowest BCUT2D eigenvalue weighted by atomic mass is 9.81. The SMILES string of the molecule is Cn1nc2c(c1-c1cc(F)c(F)c(F)c1)CC1CCCC2N1C(=O)c1nccc2ccccc12. The number of pyridine rings is 1. The van der Waals surface area contributed by atoms with Crippen molar-refractivity contribution in [2.45, 2.75) is 37.8 Å². The topological polar surface area (TPSA) is 51.0 Å². The summed E-state index contributed by atoms with van der Waals surface area (Å²) in [5, 5.41) is 6.43. The molecule has 0 spiro atoms. The van der Waals surface area contributed by atoms with Gasteiger partial charge in [0, 0.05) is 35.8 Å². The number of aromatic nitrogens is 3. The van der Waals surface area contributed by atoms with E-state index in [1.54, 1.807) is 17.9 Å². The van der Waals surface area contributed by atoms with Crippen LogP contribution in [0.4, 0.5) is 13.2 Å². The second kappa shape index (κ2) is 7.68. The predicted octanol–water partition coefficient (Wildman–Crippen LogP) is 5.34. The summed E-state index contributed by atoms with van der Waals surface area (Å²) in [5.74, 6) is -4.10. The van der Waals surface area contributed by atoms with Gasteiger partial charge in [-0.25, -0.2) is 13.2 Å². The Morgan fingerprint density at radius 2 is 1.82 bits per heavy atom. The van der Waals surface area contributed by atoms with Crippen molar-refractivity contribution < 1.29 is 18.0 Å². The maximum absolute atomic E-state index is 14.0. The lowest BCUT2D eigenvalue weighted by Gasteiger charge is -2.45. The number of carbonyl (C=O) groups is 1. The van der Waals surface area contributed by atoms with Gasteiger partial charge in [-0.1, -0.05) is 24.3 Å². The van der Waals surface area contributed by atoms with Gasteiger partial charge in [0.1, 0.15) is 5.69 Å². The zero-order valence-corrected chi connectivity index (χ0v) is 18.4. The van der Waals surface area contributed by atoms with Crippen LogP contribution in [0.3, 0.4) is 0 Å². The number of carbonyl (C=O) groups excluding carboxylic acids is 1. The molecule has 5 nitrogen and oxygen atoms in total. The summed E-state index contributed by atoms with van der Waals surface area (Å²) < 4.78 is 43.2. The second-order valence-corrected chi connectivity index (χ2v) is 8.99. The molecule has 1 fully saturated rings. The summed E-state index contributed by atoms with van der Waals surface area (Å²) in [7, 11) is 1.70. The molecule has 0 aliphatic carbocycles. The molecule has 2 unspecified atom stereocenters. The number of piperidine rings is 1. The molecule has 2 aromatic heterocycles. The Morgan fingerprint density at radius 1 is 1.06 bits per heavy atom. The molecule has 6 rings (SSSR count). The van der Waals surface area contributed by atoms with E-state index in [2.05, 4.69) is 10.1 Å². The van der Waals surface area contributed by atoms with Crippen molar-refractivity contribution in [3.05, 3.63) is 83.1 Å². The minimum Gasteiger partial charge on any atom is -0.325 e. The Balaban J connectivity index is 1.46. The molecule has 0 radical (unpaired) electrons. The van der Waals surface area contributed by atoms with Crippen molar-refractivity contribution in [2.75, 3.05) is 0 Å². The van der Waals surface area contributed by atoms with Gasteiger partial charge >= 0.3 is 0 Å². The highest BCUT2D eigenvalue weighted by Crippen LogP contribution is 2.45. The third-order valence-corrected chi connectivity index (χ3v) is 7.04. The van der Waals surface area contributed by atoms with Gasteiger partial charge in [-0.15, -0.1) is 0 Å². The van der Waals surface area contributed by atoms with Gasteiger partial charge in [-0.2, -0.15) is 5.10 Å². The molecule has 4 heterocycles. The number of halogens is 3. The Hall–Kier alpha value is -3.68. The molecule has 2 bridgehead atoms. The molecule has 0 saturated carbocycles. The van der Waals surface area contributed by atoms with E-state index >= 15 is 0 Å². The standard InChI is InChI=1S/C26H21F3N4O/c1-32-25(15-11-19(27)22(29)20(28)12-15)18-13-16-6-4-8-21(23(18)31-32)33(16)26(34)24-17-7-3-2-5-14(17)9-10-30-24/h2-3,5,7,9-12,16,21H,4,6,8,13H2,1H3. The molecular weight excluding hydrogens is 441 g/mol. The van der Waals surface area contributed by atoms with Crippen LogP contribution in [0.5, 0.6) is 0 Å². The molecule has 34 heavy (non-hydrogen) atoms. The maximum Gasteiger partial charge on any atom is 0.273 e. The van der Waals surface area contributed by atoms with Crippen molar-refractivity contribution in [3.63, 3.8) is 0 Å². The summed E-state index contributed by atoms with van der Waals surface area (Å²) in [6, 6.07) is 11.2. The monoisotopic (exact) mass is 462 g/mol. The van der Waals surface area contributed by atoms with Crippen molar-refractivity contribution in [2.24, 2.45) is 7.05 Å². The number of amides is 1. The summed E-state index contributed by atoms with van der Waals surface area (Å²) in [6.07, 6.45) is 4.66. The number of aryl methyl sites for hydroxylation is 1. The number of benzene rings is 2. The highest BCUT2D eigenvalue weighted by Gasteiger charge is 2.44. The van der Waals surface area contributed by atoms with Gasteiger partial charge in [0.05, 0.1) is 17.4 Å². The van der Waals surface area contributed by atoms with Crippen LogP contribution in [0, 0.1) is 17.5 Å². The minimum atomic E-state index is -1.49. The van der Waals surface area contributed by atoms with Crippen LogP contribution < -0.4 is 0 Å². The fraction of sp³-hybridized carbons (Fsp3) is 0.269. The summed E-state index contributed by atoms with van der Waals surface area (Å²) in [4.78, 5) is 20.1. The van der Waals surface area contributed by atoms with Crippen molar-refractivity contribution in [1.29, 1.82) is 0 Å². The molecule has 2 aromatic carbocycles. The van der Waals surface area contributed by atoms with E-state index in [1.165, 1.54) is 0 Å². The third kappa shape index (κ3) is 3.04. The Morgan fingerprint density at radius 3 is 2.62 bits per heavy atom. The van der Waals surface area contributed by atoms with Gasteiger partial charge in [-0.05, 0) is 49.3 Å². The number of rotatable bonds is 2. The molecule has 8 heteroatoms. The van der Waals surface area contributed by atoms with Gasteiger partial charge in [0.25, 0.3) is 5.91 Å². The first-order valence-corrected chi connectivity index (χ1v) is 11.3. The van der Waals surface area contributed by atoms with Gasteiger partial charge in [-0.3, -0.25) is 14.5 Å². The first-order chi connectivity index (χ1) is 16.4. The zero-order valence-electron chi connectivity index (χ0n) is 18.4. The van der Waals surface area contributed by atoms with Crippen molar-refractivity contribution in [3.8, 4) is 11.3 Å². The first-order valence-electron chi connectivity index (χ1n) is 11.3. The van der Waals surface area contributed by atoms with E-state index < -0.39 is 17.5 Å². The highest BCUT2D eigenvalue weighted by molar-refractivity contribution is 6.05. The normalized spacial score (nSPS) is 19.4. The Labute approximate surface area is 193 Å². The Bertz CT molecular complexity index is 1440. The van der Waals surface area contributed by atoms with E-state index in [4.69, 9.17) is 0 Å². The average molecular weight is 462 g/mol. The van der Waals surface area contributed by atoms with E-state index in [0.29, 0.717) is 17.8 Å². The fourth-order valence-corrected chi connectivity index (χ4v) is 5.61. The van der Waals surface area contributed by atoms with Crippen molar-refractivity contribution in [1.82, 2.24) is 19.7 Å². The van der Waals surface area contributed by atoms with E-state index in [0.717, 1.165) is 53.4 Å². The van der Waals surface area contributed by atoms with Gasteiger partial charge in [0.2, 0.25) is 0 Å². The number of hydrogen-bond donors (Lipinski definition) is 0. The average Bonchev–Trinajstić information content (AvgIpc) is 3.16. The second-order valence-electron chi connectivity index (χ2n) is 8.99. The molecule has 1 amide bonds. The number of nitrogens with zero attached hydrogens (tertiary/aromatic N) is 4. The van der Waals surface area contributed by atoms with Gasteiger partial charge < -0.3 is 4.90 Å². The van der Waals surface area contributed by atoms with Crippen LogP contribution in [0.25, 0.3) is 22.0 Å². The first kappa shape index (κ1) is 20.9. The minimum absolute atomic E-state index is 0.0855. The van der Waals surface area contributed by atoms with E-state index in [-0.39, 0.29) is 23.6 Å². The third-order valence-electron chi connectivity index (χ3n) is 7.04. The molecule has 0 N–H and O–H groups in total. The van der Waals surface area contributed by atoms with E-state index in [1.807, 2.05) is 35.2 Å².